The van der Waals surface area contributed by atoms with E-state index in [1.54, 1.807) is 0 Å². The molecular formula is C4F7O3-. The first-order chi connectivity index (χ1) is 5.92. The first-order valence-corrected chi connectivity index (χ1v) is 2.64. The first-order valence-electron chi connectivity index (χ1n) is 2.64. The van der Waals surface area contributed by atoms with Crippen LogP contribution in [0.4, 0.5) is 35.5 Å². The summed E-state index contributed by atoms with van der Waals surface area (Å²) in [6.07, 6.45) is -16.0. The van der Waals surface area contributed by atoms with E-state index in [0.29, 0.717) is 0 Å². The lowest BCUT2D eigenvalue weighted by molar-refractivity contribution is -0.428. The zero-order valence-electron chi connectivity index (χ0n) is 5.87. The van der Waals surface area contributed by atoms with E-state index >= 15 is 0 Å². The Morgan fingerprint density at radius 2 is 1.36 bits per heavy atom. The van der Waals surface area contributed by atoms with Crippen LogP contribution in [0.3, 0.4) is 0 Å². The van der Waals surface area contributed by atoms with Crippen molar-refractivity contribution >= 4 is 6.16 Å². The van der Waals surface area contributed by atoms with Gasteiger partial charge in [0, 0.05) is 0 Å². The highest BCUT2D eigenvalue weighted by Crippen LogP contribution is 2.46. The van der Waals surface area contributed by atoms with Gasteiger partial charge < -0.3 is 14.6 Å². The molecule has 0 spiro atoms. The molecule has 0 rings (SSSR count). The molecule has 0 aromatic carbocycles. The van der Waals surface area contributed by atoms with E-state index in [1.165, 1.54) is 0 Å². The molecule has 84 valence electrons. The predicted octanol–water partition coefficient (Wildman–Crippen LogP) is 1.14. The van der Waals surface area contributed by atoms with Gasteiger partial charge in [0.2, 0.25) is 0 Å². The lowest BCUT2D eigenvalue weighted by Gasteiger charge is -2.30. The number of halogens is 7. The Bertz CT molecular complexity index is 232. The van der Waals surface area contributed by atoms with Crippen molar-refractivity contribution in [1.82, 2.24) is 0 Å². The molecule has 14 heavy (non-hydrogen) atoms. The van der Waals surface area contributed by atoms with Crippen molar-refractivity contribution in [1.29, 1.82) is 0 Å². The maximum Gasteiger partial charge on any atom is 0.462 e. The average molecular weight is 229 g/mol. The molecule has 0 atom stereocenters. The van der Waals surface area contributed by atoms with Crippen LogP contribution in [0, 0.1) is 0 Å². The standard InChI is InChI=1S/C4HF7O3/c5-2(6,3(7,8)9)4(10,11)14-1(12)13/h(H,12,13)/p-1. The maximum atomic E-state index is 11.8. The van der Waals surface area contributed by atoms with Crippen LogP contribution in [0.5, 0.6) is 0 Å². The van der Waals surface area contributed by atoms with Crippen LogP contribution in [-0.2, 0) is 4.74 Å². The molecule has 0 aliphatic heterocycles. The number of hydrogen-bond acceptors (Lipinski definition) is 3. The fourth-order valence-electron chi connectivity index (χ4n) is 0.334. The minimum Gasteiger partial charge on any atom is -0.485 e. The number of rotatable bonds is 2. The molecular weight excluding hydrogens is 229 g/mol. The monoisotopic (exact) mass is 229 g/mol. The molecule has 0 saturated heterocycles. The van der Waals surface area contributed by atoms with E-state index in [0.717, 1.165) is 0 Å². The van der Waals surface area contributed by atoms with Crippen LogP contribution < -0.4 is 5.11 Å². The molecule has 0 heterocycles. The SMILES string of the molecule is O=C([O-])OC(F)(F)C(F)(F)C(F)(F)F. The molecule has 0 fully saturated rings. The van der Waals surface area contributed by atoms with Crippen molar-refractivity contribution in [3.63, 3.8) is 0 Å². The molecule has 0 aromatic rings. The Morgan fingerprint density at radius 1 is 1.00 bits per heavy atom. The Hall–Kier alpha value is -1.22. The van der Waals surface area contributed by atoms with Gasteiger partial charge in [-0.1, -0.05) is 0 Å². The van der Waals surface area contributed by atoms with Crippen LogP contribution in [0.15, 0.2) is 0 Å². The summed E-state index contributed by atoms with van der Waals surface area (Å²) in [5.74, 6) is -6.61. The lowest BCUT2D eigenvalue weighted by Crippen LogP contribution is -2.55. The molecule has 0 N–H and O–H groups in total. The fourth-order valence-corrected chi connectivity index (χ4v) is 0.334. The van der Waals surface area contributed by atoms with Gasteiger partial charge in [0.15, 0.2) is 0 Å². The second-order valence-electron chi connectivity index (χ2n) is 1.94. The van der Waals surface area contributed by atoms with Gasteiger partial charge in [-0.2, -0.15) is 30.7 Å². The largest absolute Gasteiger partial charge is 0.485 e. The number of alkyl halides is 7. The molecule has 0 amide bonds. The van der Waals surface area contributed by atoms with Crippen molar-refractivity contribution in [3.05, 3.63) is 0 Å². The van der Waals surface area contributed by atoms with Crippen molar-refractivity contribution in [3.8, 4) is 0 Å². The first kappa shape index (κ1) is 12.8. The summed E-state index contributed by atoms with van der Waals surface area (Å²) >= 11 is 0. The number of carbonyl (C=O) groups excluding carboxylic acids is 1. The van der Waals surface area contributed by atoms with Gasteiger partial charge in [-0.3, -0.25) is 0 Å². The van der Waals surface area contributed by atoms with Gasteiger partial charge in [0.1, 0.15) is 0 Å². The van der Waals surface area contributed by atoms with Gasteiger partial charge in [0.25, 0.3) is 6.16 Å². The molecule has 0 unspecified atom stereocenters. The van der Waals surface area contributed by atoms with Crippen LogP contribution in [0.2, 0.25) is 0 Å². The lowest BCUT2D eigenvalue weighted by atomic mass is 10.3. The van der Waals surface area contributed by atoms with Gasteiger partial charge in [-0.05, 0) is 0 Å². The second-order valence-corrected chi connectivity index (χ2v) is 1.94. The summed E-state index contributed by atoms with van der Waals surface area (Å²) in [6.45, 7) is 0. The van der Waals surface area contributed by atoms with Crippen LogP contribution in [0.25, 0.3) is 0 Å². The summed E-state index contributed by atoms with van der Waals surface area (Å²) in [7, 11) is 0. The maximum absolute atomic E-state index is 11.8. The van der Waals surface area contributed by atoms with E-state index < -0.39 is 24.4 Å². The average Bonchev–Trinajstić information content (AvgIpc) is 1.80. The fraction of sp³-hybridized carbons (Fsp3) is 0.750. The Morgan fingerprint density at radius 3 is 1.57 bits per heavy atom. The molecule has 0 bridgehead atoms. The van der Waals surface area contributed by atoms with Crippen LogP contribution in [0.1, 0.15) is 0 Å². The van der Waals surface area contributed by atoms with Gasteiger partial charge in [-0.15, -0.1) is 0 Å². The normalized spacial score (nSPS) is 13.9. The number of carbonyl (C=O) groups is 1. The van der Waals surface area contributed by atoms with E-state index in [-0.39, 0.29) is 0 Å². The Labute approximate surface area is 71.1 Å². The van der Waals surface area contributed by atoms with E-state index in [9.17, 15) is 40.6 Å². The molecule has 0 saturated carbocycles. The second kappa shape index (κ2) is 3.17. The Kier molecular flexibility index (Phi) is 2.89. The van der Waals surface area contributed by atoms with Crippen molar-refractivity contribution < 1.29 is 45.4 Å². The number of carboxylic acid groups (broad SMARTS) is 1. The predicted molar refractivity (Wildman–Crippen MR) is 22.4 cm³/mol. The van der Waals surface area contributed by atoms with E-state index in [1.807, 2.05) is 4.74 Å². The molecule has 10 heteroatoms. The highest BCUT2D eigenvalue weighted by molar-refractivity contribution is 5.54. The third-order valence-corrected chi connectivity index (χ3v) is 0.933. The van der Waals surface area contributed by atoms with Crippen LogP contribution >= 0.6 is 0 Å². The topological polar surface area (TPSA) is 49.4 Å². The highest BCUT2D eigenvalue weighted by atomic mass is 19.4. The molecule has 0 aliphatic rings. The van der Waals surface area contributed by atoms with Crippen molar-refractivity contribution in [2.24, 2.45) is 0 Å². The van der Waals surface area contributed by atoms with Crippen LogP contribution in [-0.4, -0.2) is 24.4 Å². The summed E-state index contributed by atoms with van der Waals surface area (Å²) < 4.78 is 83.0. The summed E-state index contributed by atoms with van der Waals surface area (Å²) in [5.41, 5.74) is 0. The minimum atomic E-state index is -6.63. The quantitative estimate of drug-likeness (QED) is 0.526. The highest BCUT2D eigenvalue weighted by Gasteiger charge is 2.73. The smallest absolute Gasteiger partial charge is 0.462 e. The summed E-state index contributed by atoms with van der Waals surface area (Å²) in [6, 6.07) is 0. The molecule has 3 nitrogen and oxygen atoms in total. The molecule has 0 radical (unpaired) electrons. The molecule has 0 aromatic heterocycles. The van der Waals surface area contributed by atoms with Crippen molar-refractivity contribution in [2.45, 2.75) is 18.2 Å². The van der Waals surface area contributed by atoms with Gasteiger partial charge >= 0.3 is 18.2 Å². The molecule has 0 aliphatic carbocycles. The third kappa shape index (κ3) is 2.17. The number of hydrogen-bond donors (Lipinski definition) is 0. The Balaban J connectivity index is 4.97. The van der Waals surface area contributed by atoms with Gasteiger partial charge in [-0.25, -0.2) is 0 Å². The van der Waals surface area contributed by atoms with E-state index in [2.05, 4.69) is 0 Å². The number of ether oxygens (including phenoxy) is 1. The van der Waals surface area contributed by atoms with Crippen molar-refractivity contribution in [2.75, 3.05) is 0 Å². The van der Waals surface area contributed by atoms with E-state index in [4.69, 9.17) is 0 Å². The zero-order chi connectivity index (χ0) is 11.8. The third-order valence-electron chi connectivity index (χ3n) is 0.933. The zero-order valence-corrected chi connectivity index (χ0v) is 5.87. The summed E-state index contributed by atoms with van der Waals surface area (Å²) in [5, 5.41) is 9.27. The van der Waals surface area contributed by atoms with Gasteiger partial charge in [0.05, 0.1) is 0 Å². The summed E-state index contributed by atoms with van der Waals surface area (Å²) in [4.78, 5) is 9.27. The minimum absolute atomic E-state index is 2.03.